The minimum absolute atomic E-state index is 0.125. The molecule has 2 aromatic rings. The quantitative estimate of drug-likeness (QED) is 0.678. The average molecular weight is 428 g/mol. The Morgan fingerprint density at radius 3 is 2.43 bits per heavy atom. The van der Waals surface area contributed by atoms with Gasteiger partial charge in [-0.25, -0.2) is 9.78 Å². The molecule has 0 radical (unpaired) electrons. The second kappa shape index (κ2) is 8.31. The van der Waals surface area contributed by atoms with Crippen LogP contribution in [0.1, 0.15) is 32.1 Å². The fraction of sp³-hybridized carbons (Fsp3) is 0.333. The van der Waals surface area contributed by atoms with Crippen molar-refractivity contribution in [3.8, 4) is 0 Å². The van der Waals surface area contributed by atoms with Crippen LogP contribution in [0.15, 0.2) is 42.6 Å². The van der Waals surface area contributed by atoms with Gasteiger partial charge in [0, 0.05) is 30.5 Å². The Kier molecular flexibility index (Phi) is 5.59. The molecule has 4 amide bonds. The van der Waals surface area contributed by atoms with Gasteiger partial charge in [-0.1, -0.05) is 11.6 Å². The molecular weight excluding hydrogens is 406 g/mol. The number of hydrogen-bond acceptors (Lipinski definition) is 4. The Hall–Kier alpha value is -3.13. The van der Waals surface area contributed by atoms with Gasteiger partial charge < -0.3 is 15.5 Å². The van der Waals surface area contributed by atoms with Crippen LogP contribution >= 0.6 is 11.6 Å². The molecule has 1 saturated heterocycles. The molecule has 1 saturated carbocycles. The number of aromatic nitrogens is 1. The van der Waals surface area contributed by atoms with Gasteiger partial charge in [0.1, 0.15) is 11.4 Å². The molecule has 1 aliphatic heterocycles. The molecule has 1 aliphatic carbocycles. The van der Waals surface area contributed by atoms with Crippen molar-refractivity contribution in [3.63, 3.8) is 0 Å². The second-order valence-electron chi connectivity index (χ2n) is 7.53. The lowest BCUT2D eigenvalue weighted by Crippen LogP contribution is -2.47. The lowest BCUT2D eigenvalue weighted by atomic mass is 10.1. The predicted molar refractivity (Wildman–Crippen MR) is 115 cm³/mol. The number of pyridine rings is 1. The number of urea groups is 1. The topological polar surface area (TPSA) is 103 Å². The van der Waals surface area contributed by atoms with E-state index in [1.54, 1.807) is 29.2 Å². The molecule has 0 unspecified atom stereocenters. The molecule has 1 aromatic heterocycles. The molecule has 2 heterocycles. The van der Waals surface area contributed by atoms with Crippen molar-refractivity contribution < 1.29 is 14.4 Å². The number of nitrogens with one attached hydrogen (secondary N) is 3. The highest BCUT2D eigenvalue weighted by Crippen LogP contribution is 2.37. The highest BCUT2D eigenvalue weighted by atomic mass is 35.5. The van der Waals surface area contributed by atoms with Crippen molar-refractivity contribution in [1.29, 1.82) is 0 Å². The number of halogens is 1. The molecular formula is C21H22ClN5O3. The van der Waals surface area contributed by atoms with Crippen molar-refractivity contribution in [2.45, 2.75) is 37.6 Å². The Balaban J connectivity index is 1.34. The lowest BCUT2D eigenvalue weighted by Gasteiger charge is -2.27. The summed E-state index contributed by atoms with van der Waals surface area (Å²) in [4.78, 5) is 42.8. The van der Waals surface area contributed by atoms with E-state index >= 15 is 0 Å². The SMILES string of the molecule is O=C(Nc1ccc(Cl)cn1)NC1(C(=O)Nc2ccc(N3CCCCC3=O)cc2)CC1. The van der Waals surface area contributed by atoms with Crippen LogP contribution in [0, 0.1) is 0 Å². The molecule has 1 aromatic carbocycles. The Labute approximate surface area is 179 Å². The van der Waals surface area contributed by atoms with Crippen molar-refractivity contribution >= 4 is 46.6 Å². The number of piperidine rings is 1. The summed E-state index contributed by atoms with van der Waals surface area (Å²) >= 11 is 5.78. The van der Waals surface area contributed by atoms with Crippen LogP contribution in [0.5, 0.6) is 0 Å². The maximum absolute atomic E-state index is 12.7. The first-order valence-corrected chi connectivity index (χ1v) is 10.3. The van der Waals surface area contributed by atoms with Crippen LogP contribution in [-0.2, 0) is 9.59 Å². The summed E-state index contributed by atoms with van der Waals surface area (Å²) < 4.78 is 0. The Morgan fingerprint density at radius 2 is 1.80 bits per heavy atom. The molecule has 2 aliphatic rings. The zero-order valence-corrected chi connectivity index (χ0v) is 17.0. The molecule has 4 rings (SSSR count). The van der Waals surface area contributed by atoms with Gasteiger partial charge in [-0.15, -0.1) is 0 Å². The van der Waals surface area contributed by atoms with Crippen molar-refractivity contribution in [2.24, 2.45) is 0 Å². The minimum atomic E-state index is -0.933. The number of benzene rings is 1. The molecule has 8 nitrogen and oxygen atoms in total. The standard InChI is InChI=1S/C21H22ClN5O3/c22-14-4-9-17(23-13-14)25-20(30)26-21(10-11-21)19(29)24-15-5-7-16(8-6-15)27-12-2-1-3-18(27)28/h4-9,13H,1-3,10-12H2,(H,24,29)(H2,23,25,26,30). The van der Waals surface area contributed by atoms with Crippen LogP contribution in [0.2, 0.25) is 5.02 Å². The molecule has 0 atom stereocenters. The van der Waals surface area contributed by atoms with Crippen LogP contribution in [0.3, 0.4) is 0 Å². The highest BCUT2D eigenvalue weighted by molar-refractivity contribution is 6.30. The molecule has 3 N–H and O–H groups in total. The van der Waals surface area contributed by atoms with E-state index in [1.165, 1.54) is 6.20 Å². The Morgan fingerprint density at radius 1 is 1.03 bits per heavy atom. The van der Waals surface area contributed by atoms with E-state index < -0.39 is 11.6 Å². The minimum Gasteiger partial charge on any atom is -0.324 e. The Bertz CT molecular complexity index is 958. The van der Waals surface area contributed by atoms with E-state index in [2.05, 4.69) is 20.9 Å². The maximum atomic E-state index is 12.7. The fourth-order valence-electron chi connectivity index (χ4n) is 3.40. The summed E-state index contributed by atoms with van der Waals surface area (Å²) in [7, 11) is 0. The molecule has 2 fully saturated rings. The molecule has 30 heavy (non-hydrogen) atoms. The van der Waals surface area contributed by atoms with Crippen LogP contribution < -0.4 is 20.9 Å². The molecule has 0 spiro atoms. The third-order valence-corrected chi connectivity index (χ3v) is 5.49. The number of rotatable bonds is 5. The van der Waals surface area contributed by atoms with Crippen molar-refractivity contribution in [1.82, 2.24) is 10.3 Å². The second-order valence-corrected chi connectivity index (χ2v) is 7.96. The lowest BCUT2D eigenvalue weighted by molar-refractivity contribution is -0.120. The predicted octanol–water partition coefficient (Wildman–Crippen LogP) is 3.54. The maximum Gasteiger partial charge on any atom is 0.321 e. The average Bonchev–Trinajstić information content (AvgIpc) is 3.51. The first-order valence-electron chi connectivity index (χ1n) is 9.88. The summed E-state index contributed by atoms with van der Waals surface area (Å²) in [6.45, 7) is 0.717. The van der Waals surface area contributed by atoms with Gasteiger partial charge in [-0.3, -0.25) is 14.9 Å². The van der Waals surface area contributed by atoms with E-state index in [1.807, 2.05) is 12.1 Å². The van der Waals surface area contributed by atoms with Crippen LogP contribution in [0.25, 0.3) is 0 Å². The fourth-order valence-corrected chi connectivity index (χ4v) is 3.51. The molecule has 9 heteroatoms. The van der Waals surface area contributed by atoms with Gasteiger partial charge in [0.15, 0.2) is 0 Å². The monoisotopic (exact) mass is 427 g/mol. The van der Waals surface area contributed by atoms with E-state index in [9.17, 15) is 14.4 Å². The van der Waals surface area contributed by atoms with Gasteiger partial charge in [-0.2, -0.15) is 0 Å². The van der Waals surface area contributed by atoms with Gasteiger partial charge in [0.25, 0.3) is 0 Å². The van der Waals surface area contributed by atoms with E-state index in [4.69, 9.17) is 11.6 Å². The van der Waals surface area contributed by atoms with E-state index in [0.717, 1.165) is 25.1 Å². The smallest absolute Gasteiger partial charge is 0.321 e. The number of nitrogens with zero attached hydrogens (tertiary/aromatic N) is 2. The van der Waals surface area contributed by atoms with Gasteiger partial charge in [-0.05, 0) is 62.1 Å². The summed E-state index contributed by atoms with van der Waals surface area (Å²) in [5.41, 5.74) is 0.505. The third kappa shape index (κ3) is 4.54. The summed E-state index contributed by atoms with van der Waals surface area (Å²) in [6, 6.07) is 9.87. The number of carbonyl (C=O) groups is 3. The van der Waals surface area contributed by atoms with Crippen molar-refractivity contribution in [2.75, 3.05) is 22.1 Å². The summed E-state index contributed by atoms with van der Waals surface area (Å²) in [5.74, 6) is 0.194. The van der Waals surface area contributed by atoms with E-state index in [0.29, 0.717) is 35.8 Å². The van der Waals surface area contributed by atoms with Gasteiger partial charge >= 0.3 is 6.03 Å². The number of amides is 4. The normalized spacial score (nSPS) is 17.2. The van der Waals surface area contributed by atoms with E-state index in [-0.39, 0.29) is 11.8 Å². The molecule has 0 bridgehead atoms. The van der Waals surface area contributed by atoms with Gasteiger partial charge in [0.2, 0.25) is 11.8 Å². The van der Waals surface area contributed by atoms with Crippen LogP contribution in [-0.4, -0.2) is 34.9 Å². The van der Waals surface area contributed by atoms with Crippen molar-refractivity contribution in [3.05, 3.63) is 47.6 Å². The number of carbonyl (C=O) groups excluding carboxylic acids is 3. The zero-order valence-electron chi connectivity index (χ0n) is 16.3. The van der Waals surface area contributed by atoms with Crippen LogP contribution in [0.4, 0.5) is 22.0 Å². The van der Waals surface area contributed by atoms with Gasteiger partial charge in [0.05, 0.1) is 5.02 Å². The zero-order chi connectivity index (χ0) is 21.1. The first-order chi connectivity index (χ1) is 14.4. The highest BCUT2D eigenvalue weighted by Gasteiger charge is 2.51. The first kappa shape index (κ1) is 20.2. The third-order valence-electron chi connectivity index (χ3n) is 5.27. The number of anilines is 3. The summed E-state index contributed by atoms with van der Waals surface area (Å²) in [6.07, 6.45) is 5.03. The summed E-state index contributed by atoms with van der Waals surface area (Å²) in [5, 5.41) is 8.64. The largest absolute Gasteiger partial charge is 0.324 e. The number of hydrogen-bond donors (Lipinski definition) is 3. The molecule has 156 valence electrons.